The van der Waals surface area contributed by atoms with Gasteiger partial charge in [0, 0.05) is 46.9 Å². The Hall–Kier alpha value is -3.48. The Kier molecular flexibility index (Phi) is 12.4. The molecule has 5 nitrogen and oxygen atoms in total. The van der Waals surface area contributed by atoms with E-state index >= 15 is 0 Å². The van der Waals surface area contributed by atoms with Gasteiger partial charge in [-0.15, -0.1) is 0 Å². The van der Waals surface area contributed by atoms with Crippen molar-refractivity contribution in [1.29, 1.82) is 0 Å². The van der Waals surface area contributed by atoms with Crippen molar-refractivity contribution in [3.05, 3.63) is 84.4 Å². The Morgan fingerprint density at radius 3 is 2.23 bits per heavy atom. The second-order valence-corrected chi connectivity index (χ2v) is 9.87. The molecule has 1 amide bonds. The van der Waals surface area contributed by atoms with Crippen molar-refractivity contribution in [3.63, 3.8) is 0 Å². The summed E-state index contributed by atoms with van der Waals surface area (Å²) in [5.74, 6) is -0.209. The minimum atomic E-state index is -0.229. The standard InChI is InChI=1S/C30H31N3O2S.2C2H6/c1-2-33-26-15-7-6-14-23(26)24-19-25(28(34)20-27(24)33)30(35)31-17-8-3-9-18-32-36-29-16-10-12-21-11-4-5-13-22(21)29;2*1-2/h4-7,10-16,19-20,32,34H,2-3,8-9,17-18H2,1H3,(H,31,35);2*1-2H3. The molecule has 5 aromatic rings. The molecule has 1 heterocycles. The first-order valence-electron chi connectivity index (χ1n) is 14.6. The maximum Gasteiger partial charge on any atom is 0.255 e. The molecule has 0 bridgehead atoms. The summed E-state index contributed by atoms with van der Waals surface area (Å²) in [6.45, 7) is 12.4. The molecule has 0 radical (unpaired) electrons. The van der Waals surface area contributed by atoms with E-state index in [1.807, 2.05) is 45.9 Å². The number of benzene rings is 4. The highest BCUT2D eigenvalue weighted by molar-refractivity contribution is 7.97. The summed E-state index contributed by atoms with van der Waals surface area (Å²) < 4.78 is 5.62. The van der Waals surface area contributed by atoms with Gasteiger partial charge in [0.2, 0.25) is 0 Å². The minimum Gasteiger partial charge on any atom is -0.507 e. The van der Waals surface area contributed by atoms with Crippen LogP contribution in [-0.4, -0.2) is 28.7 Å². The number of amides is 1. The number of hydrogen-bond donors (Lipinski definition) is 3. The van der Waals surface area contributed by atoms with Crippen LogP contribution >= 0.6 is 11.9 Å². The number of rotatable bonds is 10. The van der Waals surface area contributed by atoms with Crippen molar-refractivity contribution in [2.24, 2.45) is 0 Å². The number of phenols is 1. The summed E-state index contributed by atoms with van der Waals surface area (Å²) in [5, 5.41) is 18.2. The highest BCUT2D eigenvalue weighted by Gasteiger charge is 2.17. The smallest absolute Gasteiger partial charge is 0.255 e. The lowest BCUT2D eigenvalue weighted by atomic mass is 10.1. The average molecular weight is 558 g/mol. The molecule has 5 rings (SSSR count). The number of para-hydroxylation sites is 1. The van der Waals surface area contributed by atoms with Crippen LogP contribution in [-0.2, 0) is 6.54 Å². The maximum absolute atomic E-state index is 12.8. The fourth-order valence-corrected chi connectivity index (χ4v) is 5.66. The molecule has 1 aromatic heterocycles. The van der Waals surface area contributed by atoms with Crippen molar-refractivity contribution in [2.75, 3.05) is 13.1 Å². The molecule has 0 unspecified atom stereocenters. The quantitative estimate of drug-likeness (QED) is 0.118. The number of aryl methyl sites for hydroxylation is 1. The highest BCUT2D eigenvalue weighted by atomic mass is 32.2. The lowest BCUT2D eigenvalue weighted by Crippen LogP contribution is -2.24. The number of aromatic nitrogens is 1. The van der Waals surface area contributed by atoms with Gasteiger partial charge < -0.3 is 15.0 Å². The van der Waals surface area contributed by atoms with Gasteiger partial charge in [0.1, 0.15) is 5.75 Å². The molecule has 0 fully saturated rings. The van der Waals surface area contributed by atoms with Crippen LogP contribution in [0.3, 0.4) is 0 Å². The number of carbonyl (C=O) groups is 1. The third kappa shape index (κ3) is 7.18. The van der Waals surface area contributed by atoms with Crippen LogP contribution in [0.25, 0.3) is 32.6 Å². The van der Waals surface area contributed by atoms with E-state index in [4.69, 9.17) is 0 Å². The summed E-state index contributed by atoms with van der Waals surface area (Å²) in [7, 11) is 0. The van der Waals surface area contributed by atoms with Crippen LogP contribution in [0.15, 0.2) is 83.8 Å². The zero-order valence-corrected chi connectivity index (χ0v) is 25.3. The van der Waals surface area contributed by atoms with Gasteiger partial charge in [0.05, 0.1) is 11.1 Å². The molecule has 4 aromatic carbocycles. The van der Waals surface area contributed by atoms with Crippen LogP contribution < -0.4 is 10.0 Å². The fourth-order valence-electron chi connectivity index (χ4n) is 4.81. The predicted molar refractivity (Wildman–Crippen MR) is 173 cm³/mol. The Balaban J connectivity index is 0.00000106. The Labute approximate surface area is 243 Å². The third-order valence-electron chi connectivity index (χ3n) is 6.62. The average Bonchev–Trinajstić information content (AvgIpc) is 3.32. The molecule has 0 aliphatic heterocycles. The molecule has 0 atom stereocenters. The van der Waals surface area contributed by atoms with Gasteiger partial charge in [-0.05, 0) is 60.7 Å². The second kappa shape index (κ2) is 15.9. The summed E-state index contributed by atoms with van der Waals surface area (Å²) in [4.78, 5) is 14.1. The minimum absolute atomic E-state index is 0.0205. The van der Waals surface area contributed by atoms with Crippen LogP contribution in [0.4, 0.5) is 0 Å². The fraction of sp³-hybridized carbons (Fsp3) is 0.324. The summed E-state index contributed by atoms with van der Waals surface area (Å²) >= 11 is 1.67. The van der Waals surface area contributed by atoms with Crippen LogP contribution in [0.1, 0.15) is 64.2 Å². The van der Waals surface area contributed by atoms with E-state index in [2.05, 4.69) is 76.1 Å². The molecule has 6 heteroatoms. The molecular formula is C34H43N3O2S. The number of unbranched alkanes of at least 4 members (excludes halogenated alkanes) is 2. The molecule has 40 heavy (non-hydrogen) atoms. The van der Waals surface area contributed by atoms with Gasteiger partial charge in [0.25, 0.3) is 5.91 Å². The van der Waals surface area contributed by atoms with Crippen LogP contribution in [0.2, 0.25) is 0 Å². The van der Waals surface area contributed by atoms with Gasteiger partial charge in [-0.2, -0.15) is 0 Å². The van der Waals surface area contributed by atoms with Gasteiger partial charge >= 0.3 is 0 Å². The Bertz CT molecular complexity index is 1520. The number of carbonyl (C=O) groups excluding carboxylic acids is 1. The van der Waals surface area contributed by atoms with Crippen molar-refractivity contribution in [1.82, 2.24) is 14.6 Å². The first-order valence-corrected chi connectivity index (χ1v) is 15.4. The van der Waals surface area contributed by atoms with Gasteiger partial charge in [-0.3, -0.25) is 9.52 Å². The van der Waals surface area contributed by atoms with Gasteiger partial charge in [-0.1, -0.05) is 88.7 Å². The SMILES string of the molecule is CC.CC.CCn1c2ccccc2c2cc(C(=O)NCCCCCNSc3cccc4ccccc34)c(O)cc21. The Morgan fingerprint density at radius 1 is 0.775 bits per heavy atom. The number of nitrogens with zero attached hydrogens (tertiary/aromatic N) is 1. The van der Waals surface area contributed by atoms with Crippen LogP contribution in [0.5, 0.6) is 5.75 Å². The number of hydrogen-bond acceptors (Lipinski definition) is 4. The van der Waals surface area contributed by atoms with Crippen LogP contribution in [0, 0.1) is 0 Å². The second-order valence-electron chi connectivity index (χ2n) is 8.94. The summed E-state index contributed by atoms with van der Waals surface area (Å²) in [6, 6.07) is 26.5. The summed E-state index contributed by atoms with van der Waals surface area (Å²) in [5.41, 5.74) is 2.38. The zero-order valence-electron chi connectivity index (χ0n) is 24.5. The monoisotopic (exact) mass is 557 g/mol. The predicted octanol–water partition coefficient (Wildman–Crippen LogP) is 8.92. The van der Waals surface area contributed by atoms with Gasteiger partial charge in [0.15, 0.2) is 0 Å². The van der Waals surface area contributed by atoms with Crippen molar-refractivity contribution >= 4 is 50.4 Å². The lowest BCUT2D eigenvalue weighted by Gasteiger charge is -2.09. The topological polar surface area (TPSA) is 66.3 Å². The molecule has 0 saturated heterocycles. The van der Waals surface area contributed by atoms with Gasteiger partial charge in [-0.25, -0.2) is 0 Å². The first-order chi connectivity index (χ1) is 19.7. The van der Waals surface area contributed by atoms with E-state index in [-0.39, 0.29) is 11.7 Å². The number of fused-ring (bicyclic) bond motifs is 4. The number of phenolic OH excluding ortho intramolecular Hbond substituents is 1. The molecule has 0 spiro atoms. The molecule has 3 N–H and O–H groups in total. The van der Waals surface area contributed by atoms with E-state index in [0.717, 1.165) is 54.2 Å². The molecule has 0 aliphatic carbocycles. The maximum atomic E-state index is 12.8. The van der Waals surface area contributed by atoms with E-state index in [0.29, 0.717) is 12.1 Å². The molecule has 0 aliphatic rings. The van der Waals surface area contributed by atoms with Crippen molar-refractivity contribution in [3.8, 4) is 5.75 Å². The van der Waals surface area contributed by atoms with E-state index in [1.165, 1.54) is 15.7 Å². The molecule has 0 saturated carbocycles. The Morgan fingerprint density at radius 2 is 1.45 bits per heavy atom. The molecular weight excluding hydrogens is 514 g/mol. The van der Waals surface area contributed by atoms with Crippen molar-refractivity contribution < 1.29 is 9.90 Å². The zero-order chi connectivity index (χ0) is 28.9. The molecule has 212 valence electrons. The van der Waals surface area contributed by atoms with E-state index in [1.54, 1.807) is 18.0 Å². The number of nitrogens with one attached hydrogen (secondary N) is 2. The van der Waals surface area contributed by atoms with E-state index < -0.39 is 0 Å². The van der Waals surface area contributed by atoms with E-state index in [9.17, 15) is 9.90 Å². The lowest BCUT2D eigenvalue weighted by molar-refractivity contribution is 0.0950. The third-order valence-corrected chi connectivity index (χ3v) is 7.55. The highest BCUT2D eigenvalue weighted by Crippen LogP contribution is 2.33. The summed E-state index contributed by atoms with van der Waals surface area (Å²) in [6.07, 6.45) is 2.93. The largest absolute Gasteiger partial charge is 0.507 e. The first kappa shape index (κ1) is 31.1. The normalized spacial score (nSPS) is 10.6. The van der Waals surface area contributed by atoms with Crippen molar-refractivity contribution in [2.45, 2.75) is 65.3 Å². The number of aromatic hydroxyl groups is 1.